The van der Waals surface area contributed by atoms with Crippen molar-refractivity contribution in [2.24, 2.45) is 7.05 Å². The van der Waals surface area contributed by atoms with Gasteiger partial charge in [0.05, 0.1) is 18.2 Å². The van der Waals surface area contributed by atoms with Gasteiger partial charge < -0.3 is 9.30 Å². The average Bonchev–Trinajstić information content (AvgIpc) is 2.73. The first-order valence-electron chi connectivity index (χ1n) is 5.82. The summed E-state index contributed by atoms with van der Waals surface area (Å²) in [5.74, 6) is -0.329. The number of nitriles is 1. The zero-order chi connectivity index (χ0) is 13.0. The molecule has 0 aliphatic rings. The number of carbonyl (C=O) groups excluding carboxylic acids is 1. The third-order valence-corrected chi connectivity index (χ3v) is 2.78. The summed E-state index contributed by atoms with van der Waals surface area (Å²) in [5, 5.41) is 9.29. The zero-order valence-corrected chi connectivity index (χ0v) is 10.2. The van der Waals surface area contributed by atoms with Crippen LogP contribution in [0.4, 0.5) is 0 Å². The van der Waals surface area contributed by atoms with E-state index < -0.39 is 0 Å². The third kappa shape index (κ3) is 2.35. The van der Waals surface area contributed by atoms with Crippen molar-refractivity contribution >= 4 is 16.9 Å². The van der Waals surface area contributed by atoms with Crippen molar-refractivity contribution < 1.29 is 9.53 Å². The van der Waals surface area contributed by atoms with Gasteiger partial charge in [0.2, 0.25) is 0 Å². The average molecular weight is 242 g/mol. The standard InChI is InChI=1S/C14H14N2O2/c1-16-10-12(11-6-2-3-7-13(11)16)14(17)18-9-5-4-8-15/h2-3,6-7,10H,4-5,9H2,1H3. The second kappa shape index (κ2) is 5.37. The van der Waals surface area contributed by atoms with Crippen molar-refractivity contribution in [3.63, 3.8) is 0 Å². The molecule has 0 spiro atoms. The zero-order valence-electron chi connectivity index (χ0n) is 10.2. The number of benzene rings is 1. The maximum Gasteiger partial charge on any atom is 0.340 e. The Morgan fingerprint density at radius 1 is 1.44 bits per heavy atom. The van der Waals surface area contributed by atoms with Crippen molar-refractivity contribution in [2.75, 3.05) is 6.61 Å². The van der Waals surface area contributed by atoms with E-state index in [-0.39, 0.29) is 12.6 Å². The van der Waals surface area contributed by atoms with Crippen LogP contribution in [0, 0.1) is 11.3 Å². The second-order valence-corrected chi connectivity index (χ2v) is 4.07. The van der Waals surface area contributed by atoms with Gasteiger partial charge >= 0.3 is 5.97 Å². The molecule has 4 heteroatoms. The highest BCUT2D eigenvalue weighted by molar-refractivity contribution is 6.04. The van der Waals surface area contributed by atoms with Crippen LogP contribution in [0.15, 0.2) is 30.5 Å². The van der Waals surface area contributed by atoms with Crippen LogP contribution >= 0.6 is 0 Å². The number of para-hydroxylation sites is 1. The highest BCUT2D eigenvalue weighted by Gasteiger charge is 2.14. The van der Waals surface area contributed by atoms with Crippen LogP contribution in [0.2, 0.25) is 0 Å². The van der Waals surface area contributed by atoms with E-state index in [1.54, 1.807) is 6.20 Å². The quantitative estimate of drug-likeness (QED) is 0.611. The van der Waals surface area contributed by atoms with E-state index in [1.165, 1.54) is 0 Å². The van der Waals surface area contributed by atoms with Crippen molar-refractivity contribution in [2.45, 2.75) is 12.8 Å². The van der Waals surface area contributed by atoms with E-state index in [1.807, 2.05) is 41.9 Å². The van der Waals surface area contributed by atoms with Gasteiger partial charge in [0, 0.05) is 30.6 Å². The molecule has 0 radical (unpaired) electrons. The Labute approximate surface area is 105 Å². The molecule has 4 nitrogen and oxygen atoms in total. The first-order chi connectivity index (χ1) is 8.74. The summed E-state index contributed by atoms with van der Waals surface area (Å²) in [4.78, 5) is 11.9. The topological polar surface area (TPSA) is 55.0 Å². The Hall–Kier alpha value is -2.28. The number of rotatable bonds is 4. The minimum absolute atomic E-state index is 0.287. The Bertz CT molecular complexity index is 608. The molecule has 0 aliphatic heterocycles. The van der Waals surface area contributed by atoms with Gasteiger partial charge in [-0.15, -0.1) is 0 Å². The summed E-state index contributed by atoms with van der Waals surface area (Å²) < 4.78 is 7.05. The lowest BCUT2D eigenvalue weighted by molar-refractivity contribution is 0.0504. The fourth-order valence-corrected chi connectivity index (χ4v) is 1.90. The highest BCUT2D eigenvalue weighted by atomic mass is 16.5. The fourth-order valence-electron chi connectivity index (χ4n) is 1.90. The molecule has 1 aromatic carbocycles. The smallest absolute Gasteiger partial charge is 0.340 e. The van der Waals surface area contributed by atoms with Crippen molar-refractivity contribution in [1.29, 1.82) is 5.26 Å². The van der Waals surface area contributed by atoms with E-state index >= 15 is 0 Å². The van der Waals surface area contributed by atoms with Crippen LogP contribution < -0.4 is 0 Å². The van der Waals surface area contributed by atoms with Crippen molar-refractivity contribution in [1.82, 2.24) is 4.57 Å². The molecule has 18 heavy (non-hydrogen) atoms. The van der Waals surface area contributed by atoms with Gasteiger partial charge in [0.15, 0.2) is 0 Å². The van der Waals surface area contributed by atoms with Gasteiger partial charge in [-0.05, 0) is 12.5 Å². The van der Waals surface area contributed by atoms with Gasteiger partial charge in [0.1, 0.15) is 0 Å². The fraction of sp³-hybridized carbons (Fsp3) is 0.286. The van der Waals surface area contributed by atoms with Gasteiger partial charge in [-0.25, -0.2) is 4.79 Å². The lowest BCUT2D eigenvalue weighted by Gasteiger charge is -2.01. The second-order valence-electron chi connectivity index (χ2n) is 4.07. The van der Waals surface area contributed by atoms with Crippen LogP contribution in [-0.4, -0.2) is 17.1 Å². The van der Waals surface area contributed by atoms with Crippen LogP contribution in [0.5, 0.6) is 0 Å². The molecule has 0 unspecified atom stereocenters. The molecule has 0 saturated carbocycles. The first kappa shape index (κ1) is 12.2. The number of aryl methyl sites for hydroxylation is 1. The lowest BCUT2D eigenvalue weighted by atomic mass is 10.2. The third-order valence-electron chi connectivity index (χ3n) is 2.78. The minimum atomic E-state index is -0.329. The van der Waals surface area contributed by atoms with Gasteiger partial charge in [-0.1, -0.05) is 18.2 Å². The molecule has 0 atom stereocenters. The maximum atomic E-state index is 11.9. The summed E-state index contributed by atoms with van der Waals surface area (Å²) >= 11 is 0. The number of aromatic nitrogens is 1. The van der Waals surface area contributed by atoms with E-state index in [0.717, 1.165) is 10.9 Å². The van der Waals surface area contributed by atoms with E-state index in [9.17, 15) is 4.79 Å². The first-order valence-corrected chi connectivity index (χ1v) is 5.82. The molecule has 0 bridgehead atoms. The Morgan fingerprint density at radius 2 is 2.22 bits per heavy atom. The largest absolute Gasteiger partial charge is 0.462 e. The van der Waals surface area contributed by atoms with Crippen LogP contribution in [-0.2, 0) is 11.8 Å². The predicted octanol–water partition coefficient (Wildman–Crippen LogP) is 2.64. The number of fused-ring (bicyclic) bond motifs is 1. The Morgan fingerprint density at radius 3 is 3.00 bits per heavy atom. The molecule has 0 saturated heterocycles. The van der Waals surface area contributed by atoms with Gasteiger partial charge in [-0.2, -0.15) is 5.26 Å². The van der Waals surface area contributed by atoms with E-state index in [4.69, 9.17) is 10.00 Å². The molecular formula is C14H14N2O2. The van der Waals surface area contributed by atoms with Crippen LogP contribution in [0.25, 0.3) is 10.9 Å². The number of hydrogen-bond donors (Lipinski definition) is 0. The van der Waals surface area contributed by atoms with Crippen LogP contribution in [0.3, 0.4) is 0 Å². The molecule has 0 amide bonds. The SMILES string of the molecule is Cn1cc(C(=O)OCCCC#N)c2ccccc21. The molecule has 1 aromatic heterocycles. The number of carbonyl (C=O) groups is 1. The minimum Gasteiger partial charge on any atom is -0.462 e. The highest BCUT2D eigenvalue weighted by Crippen LogP contribution is 2.20. The monoisotopic (exact) mass is 242 g/mol. The molecule has 2 rings (SSSR count). The van der Waals surface area contributed by atoms with Crippen LogP contribution in [0.1, 0.15) is 23.2 Å². The summed E-state index contributed by atoms with van der Waals surface area (Å²) in [6.07, 6.45) is 2.76. The molecule has 92 valence electrons. The molecular weight excluding hydrogens is 228 g/mol. The lowest BCUT2D eigenvalue weighted by Crippen LogP contribution is -2.05. The molecule has 1 heterocycles. The van der Waals surface area contributed by atoms with E-state index in [0.29, 0.717) is 18.4 Å². The van der Waals surface area contributed by atoms with Crippen molar-refractivity contribution in [3.05, 3.63) is 36.0 Å². The van der Waals surface area contributed by atoms with Crippen molar-refractivity contribution in [3.8, 4) is 6.07 Å². The summed E-state index contributed by atoms with van der Waals surface area (Å²) in [7, 11) is 1.90. The number of hydrogen-bond acceptors (Lipinski definition) is 3. The number of ether oxygens (including phenoxy) is 1. The Kier molecular flexibility index (Phi) is 3.63. The summed E-state index contributed by atoms with van der Waals surface area (Å²) in [5.41, 5.74) is 1.58. The van der Waals surface area contributed by atoms with Gasteiger partial charge in [0.25, 0.3) is 0 Å². The molecule has 2 aromatic rings. The number of unbranched alkanes of at least 4 members (excludes halogenated alkanes) is 1. The molecule has 0 aliphatic carbocycles. The summed E-state index contributed by atoms with van der Waals surface area (Å²) in [6.45, 7) is 0.287. The number of esters is 1. The number of nitrogens with zero attached hydrogens (tertiary/aromatic N) is 2. The Balaban J connectivity index is 2.16. The normalized spacial score (nSPS) is 10.2. The predicted molar refractivity (Wildman–Crippen MR) is 68.0 cm³/mol. The maximum absolute atomic E-state index is 11.9. The molecule has 0 fully saturated rings. The molecule has 0 N–H and O–H groups in total. The van der Waals surface area contributed by atoms with E-state index in [2.05, 4.69) is 0 Å². The summed E-state index contributed by atoms with van der Waals surface area (Å²) in [6, 6.07) is 9.72. The van der Waals surface area contributed by atoms with Gasteiger partial charge in [-0.3, -0.25) is 0 Å².